The molecule has 0 aliphatic heterocycles. The molecule has 0 atom stereocenters. The van der Waals surface area contributed by atoms with Crippen molar-refractivity contribution in [1.29, 1.82) is 0 Å². The van der Waals surface area contributed by atoms with Gasteiger partial charge in [0.05, 0.1) is 4.92 Å². The summed E-state index contributed by atoms with van der Waals surface area (Å²) in [5, 5.41) is 13.5. The van der Waals surface area contributed by atoms with Gasteiger partial charge in [0, 0.05) is 18.2 Å². The molecule has 0 unspecified atom stereocenters. The average Bonchev–Trinajstić information content (AvgIpc) is 3.32. The van der Waals surface area contributed by atoms with Gasteiger partial charge in [0.2, 0.25) is 5.82 Å². The summed E-state index contributed by atoms with van der Waals surface area (Å²) in [4.78, 5) is 21.9. The van der Waals surface area contributed by atoms with Gasteiger partial charge in [-0.3, -0.25) is 14.9 Å². The van der Waals surface area contributed by atoms with Crippen molar-refractivity contribution in [3.05, 3.63) is 39.7 Å². The Balaban J connectivity index is 1.64. The van der Waals surface area contributed by atoms with Crippen LogP contribution in [0.4, 0.5) is 10.1 Å². The Morgan fingerprint density at radius 3 is 2.48 bits per heavy atom. The third-order valence-electron chi connectivity index (χ3n) is 4.36. The van der Waals surface area contributed by atoms with Crippen LogP contribution in [0.1, 0.15) is 36.0 Å². The zero-order chi connectivity index (χ0) is 15.0. The molecule has 0 aromatic heterocycles. The van der Waals surface area contributed by atoms with E-state index in [2.05, 4.69) is 5.32 Å². The van der Waals surface area contributed by atoms with Crippen molar-refractivity contribution in [2.45, 2.75) is 25.7 Å². The number of nitro benzene ring substituents is 1. The van der Waals surface area contributed by atoms with Gasteiger partial charge < -0.3 is 5.32 Å². The lowest BCUT2D eigenvalue weighted by molar-refractivity contribution is -0.387. The van der Waals surface area contributed by atoms with Crippen LogP contribution >= 0.6 is 0 Å². The van der Waals surface area contributed by atoms with Crippen LogP contribution in [0.15, 0.2) is 18.2 Å². The summed E-state index contributed by atoms with van der Waals surface area (Å²) in [6.07, 6.45) is 4.94. The van der Waals surface area contributed by atoms with Crippen molar-refractivity contribution in [3.8, 4) is 0 Å². The smallest absolute Gasteiger partial charge is 0.305 e. The van der Waals surface area contributed by atoms with Crippen LogP contribution < -0.4 is 5.32 Å². The number of amides is 1. The van der Waals surface area contributed by atoms with E-state index >= 15 is 0 Å². The van der Waals surface area contributed by atoms with E-state index in [0.29, 0.717) is 12.5 Å². The first-order valence-corrected chi connectivity index (χ1v) is 7.28. The Morgan fingerprint density at radius 2 is 1.95 bits per heavy atom. The number of benzene rings is 1. The highest BCUT2D eigenvalue weighted by Gasteiger charge is 2.41. The van der Waals surface area contributed by atoms with Crippen molar-refractivity contribution in [1.82, 2.24) is 5.32 Å². The maximum absolute atomic E-state index is 13.3. The van der Waals surface area contributed by atoms with Gasteiger partial charge in [0.15, 0.2) is 0 Å². The third kappa shape index (κ3) is 3.20. The van der Waals surface area contributed by atoms with Crippen LogP contribution in [0, 0.1) is 33.7 Å². The van der Waals surface area contributed by atoms with Crippen LogP contribution in [0.3, 0.4) is 0 Å². The number of nitrogens with zero attached hydrogens (tertiary/aromatic N) is 1. The number of carbonyl (C=O) groups excluding carboxylic acids is 1. The largest absolute Gasteiger partial charge is 0.352 e. The zero-order valence-electron chi connectivity index (χ0n) is 11.5. The van der Waals surface area contributed by atoms with Gasteiger partial charge in [-0.2, -0.15) is 4.39 Å². The topological polar surface area (TPSA) is 72.2 Å². The van der Waals surface area contributed by atoms with Gasteiger partial charge in [-0.1, -0.05) is 0 Å². The molecule has 112 valence electrons. The second-order valence-corrected chi connectivity index (χ2v) is 5.97. The molecule has 0 saturated heterocycles. The summed E-state index contributed by atoms with van der Waals surface area (Å²) < 4.78 is 13.3. The van der Waals surface area contributed by atoms with E-state index in [1.807, 2.05) is 0 Å². The second-order valence-electron chi connectivity index (χ2n) is 5.97. The minimum absolute atomic E-state index is 0.133. The fourth-order valence-corrected chi connectivity index (χ4v) is 2.87. The Hall–Kier alpha value is -1.98. The number of carbonyl (C=O) groups is 1. The highest BCUT2D eigenvalue weighted by molar-refractivity contribution is 5.94. The first kappa shape index (κ1) is 14.0. The molecule has 1 aromatic rings. The predicted molar refractivity (Wildman–Crippen MR) is 74.3 cm³/mol. The first-order valence-electron chi connectivity index (χ1n) is 7.28. The van der Waals surface area contributed by atoms with Crippen molar-refractivity contribution >= 4 is 11.6 Å². The van der Waals surface area contributed by atoms with E-state index < -0.39 is 16.4 Å². The Labute approximate surface area is 121 Å². The fraction of sp³-hybridized carbons (Fsp3) is 0.533. The van der Waals surface area contributed by atoms with E-state index in [9.17, 15) is 19.3 Å². The van der Waals surface area contributed by atoms with Gasteiger partial charge in [-0.05, 0) is 55.6 Å². The highest BCUT2D eigenvalue weighted by atomic mass is 19.1. The number of hydrogen-bond acceptors (Lipinski definition) is 3. The molecule has 2 aliphatic rings. The molecule has 0 heterocycles. The minimum atomic E-state index is -0.926. The third-order valence-corrected chi connectivity index (χ3v) is 4.36. The number of halogens is 1. The molecular weight excluding hydrogens is 275 g/mol. The molecule has 3 rings (SSSR count). The summed E-state index contributed by atoms with van der Waals surface area (Å²) in [7, 11) is 0. The monoisotopic (exact) mass is 292 g/mol. The average molecular weight is 292 g/mol. The summed E-state index contributed by atoms with van der Waals surface area (Å²) in [5.41, 5.74) is -0.531. The fourth-order valence-electron chi connectivity index (χ4n) is 2.87. The molecule has 2 saturated carbocycles. The predicted octanol–water partition coefficient (Wildman–Crippen LogP) is 2.90. The summed E-state index contributed by atoms with van der Waals surface area (Å²) in [6.45, 7) is 0.610. The molecule has 0 bridgehead atoms. The van der Waals surface area contributed by atoms with Crippen molar-refractivity contribution in [2.75, 3.05) is 6.54 Å². The molecule has 1 N–H and O–H groups in total. The van der Waals surface area contributed by atoms with Gasteiger partial charge in [-0.15, -0.1) is 0 Å². The van der Waals surface area contributed by atoms with Gasteiger partial charge >= 0.3 is 5.69 Å². The Kier molecular flexibility index (Phi) is 3.61. The maximum Gasteiger partial charge on any atom is 0.305 e. The maximum atomic E-state index is 13.3. The Morgan fingerprint density at radius 1 is 1.33 bits per heavy atom. The standard InChI is InChI=1S/C15H17FN2O3/c16-13-6-5-11(7-14(13)18(20)21)15(19)17-8-12(9-1-2-9)10-3-4-10/h5-7,9-10,12H,1-4,8H2,(H,17,19). The van der Waals surface area contributed by atoms with Crippen LogP contribution in [-0.4, -0.2) is 17.4 Å². The van der Waals surface area contributed by atoms with E-state index in [0.717, 1.165) is 24.0 Å². The molecule has 2 aliphatic carbocycles. The summed E-state index contributed by atoms with van der Waals surface area (Å²) >= 11 is 0. The normalized spacial score (nSPS) is 17.8. The van der Waals surface area contributed by atoms with Crippen LogP contribution in [0.5, 0.6) is 0 Å². The number of hydrogen-bond donors (Lipinski definition) is 1. The van der Waals surface area contributed by atoms with E-state index in [1.54, 1.807) is 0 Å². The second kappa shape index (κ2) is 5.42. The lowest BCUT2D eigenvalue weighted by atomic mass is 9.98. The highest BCUT2D eigenvalue weighted by Crippen LogP contribution is 2.48. The SMILES string of the molecule is O=C(NCC(C1CC1)C1CC1)c1ccc(F)c([N+](=O)[O-])c1. The molecule has 0 radical (unpaired) electrons. The van der Waals surface area contributed by atoms with E-state index in [-0.39, 0.29) is 11.5 Å². The van der Waals surface area contributed by atoms with Gasteiger partial charge in [0.25, 0.3) is 5.91 Å². The molecule has 1 amide bonds. The molecule has 1 aromatic carbocycles. The molecule has 21 heavy (non-hydrogen) atoms. The van der Waals surface area contributed by atoms with Gasteiger partial charge in [-0.25, -0.2) is 0 Å². The van der Waals surface area contributed by atoms with Crippen LogP contribution in [0.25, 0.3) is 0 Å². The first-order chi connectivity index (χ1) is 10.1. The van der Waals surface area contributed by atoms with Crippen LogP contribution in [-0.2, 0) is 0 Å². The Bertz CT molecular complexity index is 570. The quantitative estimate of drug-likeness (QED) is 0.647. The zero-order valence-corrected chi connectivity index (χ0v) is 11.5. The van der Waals surface area contributed by atoms with Gasteiger partial charge in [0.1, 0.15) is 0 Å². The summed E-state index contributed by atoms with van der Waals surface area (Å²) in [5.74, 6) is 0.680. The molecular formula is C15H17FN2O3. The number of nitro groups is 1. The van der Waals surface area contributed by atoms with Crippen molar-refractivity contribution in [3.63, 3.8) is 0 Å². The van der Waals surface area contributed by atoms with E-state index in [1.165, 1.54) is 31.7 Å². The summed E-state index contributed by atoms with van der Waals surface area (Å²) in [6, 6.07) is 3.24. The van der Waals surface area contributed by atoms with Crippen molar-refractivity contribution < 1.29 is 14.1 Å². The minimum Gasteiger partial charge on any atom is -0.352 e. The number of nitrogens with one attached hydrogen (secondary N) is 1. The molecule has 6 heteroatoms. The van der Waals surface area contributed by atoms with Crippen molar-refractivity contribution in [2.24, 2.45) is 17.8 Å². The van der Waals surface area contributed by atoms with E-state index in [4.69, 9.17) is 0 Å². The lowest BCUT2D eigenvalue weighted by Gasteiger charge is -2.16. The molecule has 0 spiro atoms. The number of rotatable bonds is 6. The molecule has 5 nitrogen and oxygen atoms in total. The lowest BCUT2D eigenvalue weighted by Crippen LogP contribution is -2.31. The molecule has 2 fully saturated rings. The van der Waals surface area contributed by atoms with Crippen LogP contribution in [0.2, 0.25) is 0 Å².